The van der Waals surface area contributed by atoms with Gasteiger partial charge in [0.1, 0.15) is 5.54 Å². The molecule has 1 aromatic carbocycles. The van der Waals surface area contributed by atoms with Gasteiger partial charge in [-0.3, -0.25) is 9.52 Å². The smallest absolute Gasteiger partial charge is 0.323 e. The van der Waals surface area contributed by atoms with Crippen LogP contribution in [0.5, 0.6) is 0 Å². The van der Waals surface area contributed by atoms with E-state index in [1.54, 1.807) is 18.2 Å². The van der Waals surface area contributed by atoms with Crippen LogP contribution in [0.25, 0.3) is 11.0 Å². The topological polar surface area (TPSA) is 138 Å². The van der Waals surface area contributed by atoms with Crippen molar-refractivity contribution in [2.45, 2.75) is 18.9 Å². The maximum Gasteiger partial charge on any atom is 0.323 e. The number of carboxylic acids is 1. The van der Waals surface area contributed by atoms with E-state index < -0.39 is 21.5 Å². The third-order valence-corrected chi connectivity index (χ3v) is 3.45. The van der Waals surface area contributed by atoms with Gasteiger partial charge in [-0.05, 0) is 24.6 Å². The molecule has 8 nitrogen and oxygen atoms in total. The van der Waals surface area contributed by atoms with E-state index >= 15 is 0 Å². The first-order valence-electron chi connectivity index (χ1n) is 6.05. The molecule has 0 spiro atoms. The predicted octanol–water partition coefficient (Wildman–Crippen LogP) is 0.279. The van der Waals surface area contributed by atoms with Crippen molar-refractivity contribution in [2.24, 2.45) is 5.73 Å². The van der Waals surface area contributed by atoms with Gasteiger partial charge in [0, 0.05) is 6.42 Å². The van der Waals surface area contributed by atoms with Crippen molar-refractivity contribution in [3.8, 4) is 0 Å². The number of anilines is 1. The van der Waals surface area contributed by atoms with Crippen molar-refractivity contribution in [3.05, 3.63) is 23.8 Å². The van der Waals surface area contributed by atoms with Gasteiger partial charge in [0.2, 0.25) is 16.0 Å². The van der Waals surface area contributed by atoms with Crippen LogP contribution in [0.3, 0.4) is 0 Å². The summed E-state index contributed by atoms with van der Waals surface area (Å²) in [7, 11) is -3.42. The number of imidazole rings is 1. The van der Waals surface area contributed by atoms with Crippen LogP contribution in [-0.4, -0.2) is 41.3 Å². The molecule has 1 heterocycles. The first-order chi connectivity index (χ1) is 9.57. The maximum absolute atomic E-state index is 11.2. The summed E-state index contributed by atoms with van der Waals surface area (Å²) < 4.78 is 24.6. The Hall–Kier alpha value is -2.13. The number of carboxylic acid groups (broad SMARTS) is 1. The highest BCUT2D eigenvalue weighted by atomic mass is 32.2. The summed E-state index contributed by atoms with van der Waals surface area (Å²) in [4.78, 5) is 17.9. The Labute approximate surface area is 121 Å². The lowest BCUT2D eigenvalue weighted by molar-refractivity contribution is -0.142. The van der Waals surface area contributed by atoms with Gasteiger partial charge in [-0.15, -0.1) is 0 Å². The normalized spacial score (nSPS) is 14.8. The molecule has 21 heavy (non-hydrogen) atoms. The summed E-state index contributed by atoms with van der Waals surface area (Å²) in [5.74, 6) is -0.981. The number of nitrogens with one attached hydrogen (secondary N) is 2. The largest absolute Gasteiger partial charge is 0.480 e. The molecule has 0 aliphatic carbocycles. The Morgan fingerprint density at radius 2 is 2.19 bits per heavy atom. The number of hydrogen-bond acceptors (Lipinski definition) is 5. The third-order valence-electron chi connectivity index (χ3n) is 2.89. The van der Waals surface area contributed by atoms with Crippen molar-refractivity contribution in [1.29, 1.82) is 0 Å². The Balaban J connectivity index is 2.32. The molecule has 0 amide bonds. The number of rotatable bonds is 5. The fourth-order valence-corrected chi connectivity index (χ4v) is 2.34. The average Bonchev–Trinajstić information content (AvgIpc) is 2.66. The lowest BCUT2D eigenvalue weighted by Gasteiger charge is -2.18. The van der Waals surface area contributed by atoms with Crippen LogP contribution in [0.4, 0.5) is 5.95 Å². The molecule has 1 atom stereocenters. The van der Waals surface area contributed by atoms with Crippen LogP contribution >= 0.6 is 0 Å². The van der Waals surface area contributed by atoms with E-state index in [1.165, 1.54) is 6.92 Å². The van der Waals surface area contributed by atoms with E-state index in [1.807, 2.05) is 0 Å². The molecule has 1 aromatic heterocycles. The summed E-state index contributed by atoms with van der Waals surface area (Å²) >= 11 is 0. The molecule has 114 valence electrons. The number of aliphatic carboxylic acids is 1. The Morgan fingerprint density at radius 1 is 1.52 bits per heavy atom. The monoisotopic (exact) mass is 312 g/mol. The van der Waals surface area contributed by atoms with Gasteiger partial charge in [0.25, 0.3) is 0 Å². The van der Waals surface area contributed by atoms with Gasteiger partial charge in [0.05, 0.1) is 17.3 Å². The summed E-state index contributed by atoms with van der Waals surface area (Å²) in [5, 5.41) is 9.03. The lowest BCUT2D eigenvalue weighted by atomic mass is 9.94. The van der Waals surface area contributed by atoms with Gasteiger partial charge in [-0.1, -0.05) is 6.07 Å². The van der Waals surface area contributed by atoms with Crippen LogP contribution in [0.15, 0.2) is 18.2 Å². The molecular weight excluding hydrogens is 296 g/mol. The SMILES string of the molecule is C[C@](N)(Cc1ccc2nc(NS(C)(=O)=O)[nH]c2c1)C(=O)O. The molecule has 2 rings (SSSR count). The second kappa shape index (κ2) is 5.01. The maximum atomic E-state index is 11.2. The molecule has 2 aromatic rings. The van der Waals surface area contributed by atoms with E-state index in [0.717, 1.165) is 6.26 Å². The Bertz CT molecular complexity index is 795. The van der Waals surface area contributed by atoms with Gasteiger partial charge < -0.3 is 15.8 Å². The molecule has 5 N–H and O–H groups in total. The third kappa shape index (κ3) is 3.70. The van der Waals surface area contributed by atoms with Gasteiger partial charge in [-0.2, -0.15) is 0 Å². The molecule has 0 unspecified atom stereocenters. The number of fused-ring (bicyclic) bond motifs is 1. The van der Waals surface area contributed by atoms with Gasteiger partial charge in [0.15, 0.2) is 0 Å². The highest BCUT2D eigenvalue weighted by molar-refractivity contribution is 7.91. The van der Waals surface area contributed by atoms with Gasteiger partial charge >= 0.3 is 5.97 Å². The first kappa shape index (κ1) is 15.3. The number of aromatic amines is 1. The highest BCUT2D eigenvalue weighted by Gasteiger charge is 2.28. The Kier molecular flexibility index (Phi) is 3.64. The number of benzene rings is 1. The number of nitrogens with two attached hydrogens (primary N) is 1. The second-order valence-corrected chi connectivity index (χ2v) is 6.96. The molecule has 0 fully saturated rings. The van der Waals surface area contributed by atoms with E-state index in [4.69, 9.17) is 10.8 Å². The quantitative estimate of drug-likeness (QED) is 0.625. The zero-order valence-corrected chi connectivity index (χ0v) is 12.4. The first-order valence-corrected chi connectivity index (χ1v) is 7.95. The summed E-state index contributed by atoms with van der Waals surface area (Å²) in [5.41, 5.74) is 6.21. The van der Waals surface area contributed by atoms with Crippen LogP contribution in [-0.2, 0) is 21.2 Å². The standard InChI is InChI=1S/C12H16N4O4S/c1-12(13,10(17)18)6-7-3-4-8-9(5-7)15-11(14-8)16-21(2,19)20/h3-5H,6,13H2,1-2H3,(H,17,18)(H2,14,15,16)/t12-/m0/s1. The number of nitrogens with zero attached hydrogens (tertiary/aromatic N) is 1. The van der Waals surface area contributed by atoms with Gasteiger partial charge in [-0.25, -0.2) is 13.4 Å². The molecule has 9 heteroatoms. The Morgan fingerprint density at radius 3 is 2.76 bits per heavy atom. The molecule has 0 saturated heterocycles. The molecule has 0 saturated carbocycles. The summed E-state index contributed by atoms with van der Waals surface area (Å²) in [6, 6.07) is 5.08. The molecule has 0 aliphatic heterocycles. The molecule has 0 radical (unpaired) electrons. The van der Waals surface area contributed by atoms with Crippen molar-refractivity contribution in [2.75, 3.05) is 11.0 Å². The summed E-state index contributed by atoms with van der Waals surface area (Å²) in [6.45, 7) is 1.43. The van der Waals surface area contributed by atoms with E-state index in [2.05, 4.69) is 14.7 Å². The van der Waals surface area contributed by atoms with Crippen LogP contribution in [0.1, 0.15) is 12.5 Å². The van der Waals surface area contributed by atoms with Crippen molar-refractivity contribution < 1.29 is 18.3 Å². The van der Waals surface area contributed by atoms with Crippen molar-refractivity contribution >= 4 is 33.0 Å². The molecular formula is C12H16N4O4S. The summed E-state index contributed by atoms with van der Waals surface area (Å²) in [6.07, 6.45) is 1.17. The number of H-pyrrole nitrogens is 1. The predicted molar refractivity (Wildman–Crippen MR) is 78.5 cm³/mol. The van der Waals surface area contributed by atoms with E-state index in [-0.39, 0.29) is 12.4 Å². The average molecular weight is 312 g/mol. The zero-order chi connectivity index (χ0) is 15.8. The van der Waals surface area contributed by atoms with Crippen LogP contribution in [0, 0.1) is 0 Å². The second-order valence-electron chi connectivity index (χ2n) is 5.21. The van der Waals surface area contributed by atoms with E-state index in [0.29, 0.717) is 16.6 Å². The van der Waals surface area contributed by atoms with Crippen LogP contribution in [0.2, 0.25) is 0 Å². The minimum absolute atomic E-state index is 0.110. The van der Waals surface area contributed by atoms with Crippen molar-refractivity contribution in [3.63, 3.8) is 0 Å². The van der Waals surface area contributed by atoms with E-state index in [9.17, 15) is 13.2 Å². The number of aromatic nitrogens is 2. The number of carbonyl (C=O) groups is 1. The minimum atomic E-state index is -3.42. The number of sulfonamides is 1. The highest BCUT2D eigenvalue weighted by Crippen LogP contribution is 2.19. The zero-order valence-electron chi connectivity index (χ0n) is 11.5. The fraction of sp³-hybridized carbons (Fsp3) is 0.333. The molecule has 0 aliphatic rings. The molecule has 0 bridgehead atoms. The lowest BCUT2D eigenvalue weighted by Crippen LogP contribution is -2.46. The number of hydrogen-bond donors (Lipinski definition) is 4. The van der Waals surface area contributed by atoms with Crippen LogP contribution < -0.4 is 10.5 Å². The van der Waals surface area contributed by atoms with Crippen molar-refractivity contribution in [1.82, 2.24) is 9.97 Å². The minimum Gasteiger partial charge on any atom is -0.480 e. The fourth-order valence-electron chi connectivity index (χ4n) is 1.89.